The van der Waals surface area contributed by atoms with E-state index in [0.29, 0.717) is 12.2 Å². The first kappa shape index (κ1) is 13.9. The van der Waals surface area contributed by atoms with Gasteiger partial charge in [0, 0.05) is 12.8 Å². The van der Waals surface area contributed by atoms with Crippen LogP contribution in [0.1, 0.15) is 11.1 Å². The number of aryl methyl sites for hydroxylation is 1. The Morgan fingerprint density at radius 2 is 2.05 bits per heavy atom. The van der Waals surface area contributed by atoms with E-state index in [2.05, 4.69) is 16.1 Å². The Kier molecular flexibility index (Phi) is 3.82. The smallest absolute Gasteiger partial charge is 0.177 e. The van der Waals surface area contributed by atoms with E-state index in [0.717, 1.165) is 6.26 Å². The summed E-state index contributed by atoms with van der Waals surface area (Å²) in [5, 5.41) is 7.33. The summed E-state index contributed by atoms with van der Waals surface area (Å²) < 4.78 is 23.2. The first-order valence-corrected chi connectivity index (χ1v) is 8.57. The first-order chi connectivity index (χ1) is 8.89. The normalized spacial score (nSPS) is 11.5. The Bertz CT molecular complexity index is 690. The van der Waals surface area contributed by atoms with Crippen molar-refractivity contribution in [2.75, 3.05) is 17.3 Å². The average molecular weight is 296 g/mol. The molecule has 0 saturated carbocycles. The van der Waals surface area contributed by atoms with E-state index in [-0.39, 0.29) is 10.6 Å². The molecule has 0 radical (unpaired) electrons. The topological polar surface area (TPSA) is 72.2 Å². The number of sulfone groups is 1. The molecule has 19 heavy (non-hydrogen) atoms. The highest BCUT2D eigenvalue weighted by atomic mass is 32.2. The highest BCUT2D eigenvalue weighted by Gasteiger charge is 2.14. The van der Waals surface area contributed by atoms with Crippen molar-refractivity contribution in [1.82, 2.24) is 0 Å². The van der Waals surface area contributed by atoms with Crippen LogP contribution in [0.25, 0.3) is 0 Å². The van der Waals surface area contributed by atoms with Crippen LogP contribution in [0.5, 0.6) is 0 Å². The van der Waals surface area contributed by atoms with Crippen molar-refractivity contribution in [2.24, 2.45) is 0 Å². The van der Waals surface area contributed by atoms with Crippen molar-refractivity contribution >= 4 is 32.5 Å². The van der Waals surface area contributed by atoms with Gasteiger partial charge in [-0.15, -0.1) is 0 Å². The Balaban J connectivity index is 2.25. The molecule has 0 atom stereocenters. The van der Waals surface area contributed by atoms with Crippen LogP contribution in [0.2, 0.25) is 0 Å². The van der Waals surface area contributed by atoms with Crippen molar-refractivity contribution in [3.8, 4) is 0 Å². The van der Waals surface area contributed by atoms with Gasteiger partial charge in [-0.2, -0.15) is 11.3 Å². The Morgan fingerprint density at radius 1 is 1.32 bits per heavy atom. The molecule has 0 fully saturated rings. The van der Waals surface area contributed by atoms with Gasteiger partial charge in [-0.3, -0.25) is 0 Å². The molecule has 0 unspecified atom stereocenters. The summed E-state index contributed by atoms with van der Waals surface area (Å²) in [5.41, 5.74) is 9.24. The number of nitrogen functional groups attached to an aromatic ring is 1. The molecule has 102 valence electrons. The van der Waals surface area contributed by atoms with Crippen LogP contribution in [-0.2, 0) is 16.4 Å². The zero-order chi connectivity index (χ0) is 14.0. The quantitative estimate of drug-likeness (QED) is 0.851. The van der Waals surface area contributed by atoms with Crippen molar-refractivity contribution in [1.29, 1.82) is 0 Å². The van der Waals surface area contributed by atoms with Crippen molar-refractivity contribution in [2.45, 2.75) is 18.4 Å². The predicted octanol–water partition coefficient (Wildman–Crippen LogP) is 2.65. The number of hydrogen-bond acceptors (Lipinski definition) is 5. The van der Waals surface area contributed by atoms with Gasteiger partial charge in [-0.1, -0.05) is 6.07 Å². The number of benzene rings is 1. The van der Waals surface area contributed by atoms with Crippen LogP contribution < -0.4 is 11.1 Å². The lowest BCUT2D eigenvalue weighted by Gasteiger charge is -2.12. The summed E-state index contributed by atoms with van der Waals surface area (Å²) in [4.78, 5) is 0.166. The van der Waals surface area contributed by atoms with Crippen molar-refractivity contribution in [3.05, 3.63) is 40.1 Å². The van der Waals surface area contributed by atoms with Gasteiger partial charge in [-0.05, 0) is 40.9 Å². The second kappa shape index (κ2) is 5.22. The van der Waals surface area contributed by atoms with Crippen LogP contribution >= 0.6 is 11.3 Å². The molecule has 0 aliphatic heterocycles. The van der Waals surface area contributed by atoms with Gasteiger partial charge in [-0.25, -0.2) is 8.42 Å². The fraction of sp³-hybridized carbons (Fsp3) is 0.231. The maximum absolute atomic E-state index is 11.6. The molecule has 0 spiro atoms. The molecule has 1 heterocycles. The lowest BCUT2D eigenvalue weighted by atomic mass is 10.2. The van der Waals surface area contributed by atoms with Gasteiger partial charge < -0.3 is 11.1 Å². The van der Waals surface area contributed by atoms with Gasteiger partial charge in [0.2, 0.25) is 0 Å². The summed E-state index contributed by atoms with van der Waals surface area (Å²) in [6.07, 6.45) is 1.16. The summed E-state index contributed by atoms with van der Waals surface area (Å²) in [7, 11) is -3.30. The van der Waals surface area contributed by atoms with Gasteiger partial charge >= 0.3 is 0 Å². The summed E-state index contributed by atoms with van der Waals surface area (Å²) >= 11 is 1.65. The molecule has 3 N–H and O–H groups in total. The number of anilines is 2. The van der Waals surface area contributed by atoms with E-state index in [4.69, 9.17) is 5.73 Å². The summed E-state index contributed by atoms with van der Waals surface area (Å²) in [6, 6.07) is 4.99. The fourth-order valence-electron chi connectivity index (χ4n) is 1.78. The molecule has 0 aliphatic rings. The van der Waals surface area contributed by atoms with E-state index in [9.17, 15) is 8.42 Å². The number of nitrogens with two attached hydrogens (primary N) is 1. The third kappa shape index (κ3) is 3.08. The Morgan fingerprint density at radius 3 is 2.63 bits per heavy atom. The van der Waals surface area contributed by atoms with Crippen LogP contribution in [0.3, 0.4) is 0 Å². The minimum Gasteiger partial charge on any atom is -0.396 e. The van der Waals surface area contributed by atoms with E-state index in [1.807, 2.05) is 6.92 Å². The number of nitrogens with one attached hydrogen (secondary N) is 1. The lowest BCUT2D eigenvalue weighted by Crippen LogP contribution is -2.07. The van der Waals surface area contributed by atoms with E-state index >= 15 is 0 Å². The largest absolute Gasteiger partial charge is 0.396 e. The minimum absolute atomic E-state index is 0.166. The highest BCUT2D eigenvalue weighted by Crippen LogP contribution is 2.27. The zero-order valence-corrected chi connectivity index (χ0v) is 12.4. The van der Waals surface area contributed by atoms with E-state index < -0.39 is 9.84 Å². The van der Waals surface area contributed by atoms with Gasteiger partial charge in [0.25, 0.3) is 0 Å². The molecule has 0 aliphatic carbocycles. The van der Waals surface area contributed by atoms with Crippen molar-refractivity contribution in [3.63, 3.8) is 0 Å². The molecule has 0 saturated heterocycles. The number of hydrogen-bond donors (Lipinski definition) is 2. The monoisotopic (exact) mass is 296 g/mol. The molecule has 0 bridgehead atoms. The molecular weight excluding hydrogens is 280 g/mol. The summed E-state index contributed by atoms with van der Waals surface area (Å²) in [6.45, 7) is 2.68. The standard InChI is InChI=1S/C13H16N2O2S2/c1-9-7-18-8-10(9)6-15-11-4-3-5-12(13(11)14)19(2,16)17/h3-5,7-8,15H,6,14H2,1-2H3. The Hall–Kier alpha value is -1.53. The minimum atomic E-state index is -3.30. The van der Waals surface area contributed by atoms with Crippen LogP contribution in [-0.4, -0.2) is 14.7 Å². The molecule has 1 aromatic heterocycles. The van der Waals surface area contributed by atoms with Gasteiger partial charge in [0.1, 0.15) is 0 Å². The third-order valence-corrected chi connectivity index (χ3v) is 4.96. The highest BCUT2D eigenvalue weighted by molar-refractivity contribution is 7.90. The van der Waals surface area contributed by atoms with Crippen LogP contribution in [0.4, 0.5) is 11.4 Å². The van der Waals surface area contributed by atoms with Crippen LogP contribution in [0, 0.1) is 6.92 Å². The van der Waals surface area contributed by atoms with Crippen molar-refractivity contribution < 1.29 is 8.42 Å². The molecule has 4 nitrogen and oxygen atoms in total. The number of rotatable bonds is 4. The number of para-hydroxylation sites is 1. The first-order valence-electron chi connectivity index (χ1n) is 5.73. The Labute approximate surface area is 117 Å². The second-order valence-corrected chi connectivity index (χ2v) is 7.15. The molecule has 2 aromatic rings. The zero-order valence-electron chi connectivity index (χ0n) is 10.8. The predicted molar refractivity (Wildman–Crippen MR) is 80.3 cm³/mol. The van der Waals surface area contributed by atoms with Gasteiger partial charge in [0.05, 0.1) is 16.3 Å². The molecule has 0 amide bonds. The molecule has 2 rings (SSSR count). The van der Waals surface area contributed by atoms with E-state index in [1.165, 1.54) is 17.2 Å². The average Bonchev–Trinajstić information content (AvgIpc) is 2.72. The van der Waals surface area contributed by atoms with Crippen LogP contribution in [0.15, 0.2) is 33.9 Å². The van der Waals surface area contributed by atoms with Gasteiger partial charge in [0.15, 0.2) is 9.84 Å². The maximum Gasteiger partial charge on any atom is 0.177 e. The lowest BCUT2D eigenvalue weighted by molar-refractivity contribution is 0.602. The maximum atomic E-state index is 11.6. The third-order valence-electron chi connectivity index (χ3n) is 2.90. The van der Waals surface area contributed by atoms with E-state index in [1.54, 1.807) is 23.5 Å². The number of thiophene rings is 1. The second-order valence-electron chi connectivity index (χ2n) is 4.42. The molecule has 6 heteroatoms. The SMILES string of the molecule is Cc1cscc1CNc1cccc(S(C)(=O)=O)c1N. The summed E-state index contributed by atoms with van der Waals surface area (Å²) in [5.74, 6) is 0. The fourth-order valence-corrected chi connectivity index (χ4v) is 3.47. The molecular formula is C13H16N2O2S2. The molecule has 1 aromatic carbocycles.